The van der Waals surface area contributed by atoms with E-state index in [0.29, 0.717) is 15.2 Å². The lowest BCUT2D eigenvalue weighted by atomic mass is 10.1. The molecule has 0 saturated heterocycles. The Morgan fingerprint density at radius 1 is 1.13 bits per heavy atom. The highest BCUT2D eigenvalue weighted by Crippen LogP contribution is 2.28. The maximum absolute atomic E-state index is 13.0. The molecule has 162 valence electrons. The van der Waals surface area contributed by atoms with Gasteiger partial charge in [0.15, 0.2) is 6.61 Å². The quantitative estimate of drug-likeness (QED) is 0.481. The molecular formula is C22H25Br2ClN2O3. The highest BCUT2D eigenvalue weighted by molar-refractivity contribution is 9.10. The fourth-order valence-electron chi connectivity index (χ4n) is 2.66. The molecule has 0 radical (unpaired) electrons. The molecule has 5 nitrogen and oxygen atoms in total. The van der Waals surface area contributed by atoms with E-state index in [-0.39, 0.29) is 25.0 Å². The van der Waals surface area contributed by atoms with Gasteiger partial charge >= 0.3 is 0 Å². The molecule has 0 spiro atoms. The van der Waals surface area contributed by atoms with Gasteiger partial charge in [-0.1, -0.05) is 39.7 Å². The first-order chi connectivity index (χ1) is 14.0. The molecule has 2 aromatic carbocycles. The molecule has 30 heavy (non-hydrogen) atoms. The second-order valence-electron chi connectivity index (χ2n) is 7.93. The Bertz CT molecular complexity index is 898. The van der Waals surface area contributed by atoms with Crippen molar-refractivity contribution in [1.82, 2.24) is 10.2 Å². The number of nitrogens with zero attached hydrogens (tertiary/aromatic N) is 1. The zero-order valence-corrected chi connectivity index (χ0v) is 21.3. The first-order valence-electron chi connectivity index (χ1n) is 9.40. The number of halogens is 3. The standard InChI is InChI=1S/C22H25Br2ClN2O3/c1-14(21(29)26-22(2,3)4)27(12-15-5-7-16(23)8-6-15)20(28)13-30-19-10-9-17(25)11-18(19)24/h5-11,14H,12-13H2,1-4H3,(H,26,29). The van der Waals surface area contributed by atoms with Crippen molar-refractivity contribution in [3.8, 4) is 5.75 Å². The number of carbonyl (C=O) groups excluding carboxylic acids is 2. The number of hydrogen-bond donors (Lipinski definition) is 1. The minimum atomic E-state index is -0.669. The SMILES string of the molecule is CC(C(=O)NC(C)(C)C)N(Cc1ccc(Br)cc1)C(=O)COc1ccc(Cl)cc1Br. The van der Waals surface area contributed by atoms with Crippen LogP contribution in [0, 0.1) is 0 Å². The van der Waals surface area contributed by atoms with E-state index in [1.807, 2.05) is 45.0 Å². The second kappa shape index (κ2) is 10.6. The van der Waals surface area contributed by atoms with E-state index >= 15 is 0 Å². The topological polar surface area (TPSA) is 58.6 Å². The van der Waals surface area contributed by atoms with Crippen LogP contribution in [0.1, 0.15) is 33.3 Å². The molecule has 0 heterocycles. The normalized spacial score (nSPS) is 12.2. The van der Waals surface area contributed by atoms with Crippen molar-refractivity contribution >= 4 is 55.3 Å². The van der Waals surface area contributed by atoms with Gasteiger partial charge in [-0.3, -0.25) is 9.59 Å². The number of nitrogens with one attached hydrogen (secondary N) is 1. The molecule has 0 aliphatic rings. The average Bonchev–Trinajstić information content (AvgIpc) is 2.64. The predicted octanol–water partition coefficient (Wildman–Crippen LogP) is 5.58. The molecule has 1 atom stereocenters. The van der Waals surface area contributed by atoms with Crippen LogP contribution in [0.25, 0.3) is 0 Å². The van der Waals surface area contributed by atoms with Crippen molar-refractivity contribution < 1.29 is 14.3 Å². The first kappa shape index (κ1) is 24.7. The molecule has 0 aromatic heterocycles. The van der Waals surface area contributed by atoms with E-state index < -0.39 is 11.6 Å². The van der Waals surface area contributed by atoms with E-state index in [0.717, 1.165) is 10.0 Å². The number of amides is 2. The third-order valence-corrected chi connectivity index (χ3v) is 5.56. The van der Waals surface area contributed by atoms with Crippen molar-refractivity contribution in [3.05, 3.63) is 62.0 Å². The van der Waals surface area contributed by atoms with Gasteiger partial charge in [-0.2, -0.15) is 0 Å². The molecule has 0 fully saturated rings. The second-order valence-corrected chi connectivity index (χ2v) is 10.1. The lowest BCUT2D eigenvalue weighted by Gasteiger charge is -2.31. The van der Waals surface area contributed by atoms with Crippen molar-refractivity contribution in [2.45, 2.75) is 45.8 Å². The van der Waals surface area contributed by atoms with E-state index in [4.69, 9.17) is 16.3 Å². The van der Waals surface area contributed by atoms with Crippen LogP contribution in [-0.2, 0) is 16.1 Å². The van der Waals surface area contributed by atoms with Crippen LogP contribution >= 0.6 is 43.5 Å². The number of carbonyl (C=O) groups is 2. The highest BCUT2D eigenvalue weighted by atomic mass is 79.9. The molecule has 0 saturated carbocycles. The fraction of sp³-hybridized carbons (Fsp3) is 0.364. The number of benzene rings is 2. The third-order valence-electron chi connectivity index (χ3n) is 4.18. The lowest BCUT2D eigenvalue weighted by Crippen LogP contribution is -2.53. The van der Waals surface area contributed by atoms with Crippen LogP contribution in [0.15, 0.2) is 51.4 Å². The number of hydrogen-bond acceptors (Lipinski definition) is 3. The van der Waals surface area contributed by atoms with E-state index in [2.05, 4.69) is 37.2 Å². The first-order valence-corrected chi connectivity index (χ1v) is 11.4. The van der Waals surface area contributed by atoms with Crippen LogP contribution in [0.5, 0.6) is 5.75 Å². The van der Waals surface area contributed by atoms with Crippen molar-refractivity contribution in [2.24, 2.45) is 0 Å². The summed E-state index contributed by atoms with van der Waals surface area (Å²) < 4.78 is 7.28. The summed E-state index contributed by atoms with van der Waals surface area (Å²) in [5.74, 6) is -0.0138. The molecule has 2 rings (SSSR count). The maximum Gasteiger partial charge on any atom is 0.261 e. The van der Waals surface area contributed by atoms with Gasteiger partial charge in [0.1, 0.15) is 11.8 Å². The van der Waals surface area contributed by atoms with Crippen LogP contribution < -0.4 is 10.1 Å². The summed E-state index contributed by atoms with van der Waals surface area (Å²) >= 11 is 12.7. The summed E-state index contributed by atoms with van der Waals surface area (Å²) in [5, 5.41) is 3.50. The molecule has 8 heteroatoms. The van der Waals surface area contributed by atoms with E-state index in [1.54, 1.807) is 25.1 Å². The van der Waals surface area contributed by atoms with Gasteiger partial charge in [-0.05, 0) is 79.5 Å². The summed E-state index contributed by atoms with van der Waals surface area (Å²) in [5.41, 5.74) is 0.511. The van der Waals surface area contributed by atoms with E-state index in [1.165, 1.54) is 4.90 Å². The Balaban J connectivity index is 2.18. The van der Waals surface area contributed by atoms with Gasteiger partial charge in [0.2, 0.25) is 5.91 Å². The maximum atomic E-state index is 13.0. The van der Waals surface area contributed by atoms with Crippen LogP contribution in [0.4, 0.5) is 0 Å². The Labute approximate surface area is 199 Å². The molecule has 0 aliphatic heterocycles. The third kappa shape index (κ3) is 7.60. The Morgan fingerprint density at radius 3 is 2.33 bits per heavy atom. The number of ether oxygens (including phenoxy) is 1. The zero-order valence-electron chi connectivity index (χ0n) is 17.3. The molecule has 2 amide bonds. The summed E-state index contributed by atoms with van der Waals surface area (Å²) in [6, 6.07) is 12.0. The van der Waals surface area contributed by atoms with Crippen LogP contribution in [0.2, 0.25) is 5.02 Å². The predicted molar refractivity (Wildman–Crippen MR) is 127 cm³/mol. The largest absolute Gasteiger partial charge is 0.483 e. The monoisotopic (exact) mass is 558 g/mol. The summed E-state index contributed by atoms with van der Waals surface area (Å²) in [6.45, 7) is 7.51. The van der Waals surface area contributed by atoms with Crippen molar-refractivity contribution in [3.63, 3.8) is 0 Å². The lowest BCUT2D eigenvalue weighted by molar-refractivity contribution is -0.142. The minimum Gasteiger partial charge on any atom is -0.483 e. The zero-order chi connectivity index (χ0) is 22.5. The van der Waals surface area contributed by atoms with E-state index in [9.17, 15) is 9.59 Å². The Kier molecular flexibility index (Phi) is 8.76. The van der Waals surface area contributed by atoms with Crippen LogP contribution in [0.3, 0.4) is 0 Å². The van der Waals surface area contributed by atoms with Gasteiger partial charge < -0.3 is 15.0 Å². The van der Waals surface area contributed by atoms with Gasteiger partial charge in [0.25, 0.3) is 5.91 Å². The van der Waals surface area contributed by atoms with Crippen LogP contribution in [-0.4, -0.2) is 34.9 Å². The van der Waals surface area contributed by atoms with Gasteiger partial charge in [0.05, 0.1) is 4.47 Å². The minimum absolute atomic E-state index is 0.204. The smallest absolute Gasteiger partial charge is 0.261 e. The highest BCUT2D eigenvalue weighted by Gasteiger charge is 2.28. The molecular weight excluding hydrogens is 536 g/mol. The molecule has 2 aromatic rings. The molecule has 1 unspecified atom stereocenters. The fourth-order valence-corrected chi connectivity index (χ4v) is 3.72. The Morgan fingerprint density at radius 2 is 1.77 bits per heavy atom. The summed E-state index contributed by atoms with van der Waals surface area (Å²) in [6.07, 6.45) is 0. The van der Waals surface area contributed by atoms with Crippen molar-refractivity contribution in [2.75, 3.05) is 6.61 Å². The Hall–Kier alpha value is -1.57. The molecule has 1 N–H and O–H groups in total. The van der Waals surface area contributed by atoms with Crippen molar-refractivity contribution in [1.29, 1.82) is 0 Å². The summed E-state index contributed by atoms with van der Waals surface area (Å²) in [7, 11) is 0. The number of rotatable bonds is 7. The van der Waals surface area contributed by atoms with Gasteiger partial charge in [-0.25, -0.2) is 0 Å². The van der Waals surface area contributed by atoms with Gasteiger partial charge in [-0.15, -0.1) is 0 Å². The molecule has 0 bridgehead atoms. The summed E-state index contributed by atoms with van der Waals surface area (Å²) in [4.78, 5) is 27.3. The van der Waals surface area contributed by atoms with Gasteiger partial charge in [0, 0.05) is 21.6 Å². The molecule has 0 aliphatic carbocycles. The average molecular weight is 561 g/mol.